The number of nitrogens with one attached hydrogen (secondary N) is 1. The third kappa shape index (κ3) is 3.98. The smallest absolute Gasteiger partial charge is 0.287 e. The first-order valence-electron chi connectivity index (χ1n) is 6.76. The number of carbonyl (C=O) groups is 1. The van der Waals surface area contributed by atoms with Gasteiger partial charge < -0.3 is 15.5 Å². The van der Waals surface area contributed by atoms with E-state index in [1.54, 1.807) is 19.1 Å². The van der Waals surface area contributed by atoms with Crippen molar-refractivity contribution in [2.45, 2.75) is 19.9 Å². The summed E-state index contributed by atoms with van der Waals surface area (Å²) in [6.45, 7) is 4.05. The third-order valence-electron chi connectivity index (χ3n) is 3.03. The molecule has 0 aliphatic rings. The van der Waals surface area contributed by atoms with Crippen molar-refractivity contribution in [1.82, 2.24) is 5.32 Å². The average Bonchev–Trinajstić information content (AvgIpc) is 2.92. The highest BCUT2D eigenvalue weighted by Crippen LogP contribution is 2.15. The van der Waals surface area contributed by atoms with Crippen molar-refractivity contribution in [2.75, 3.05) is 6.54 Å². The molecule has 1 aromatic heterocycles. The lowest BCUT2D eigenvalue weighted by Gasteiger charge is -2.13. The third-order valence-corrected chi connectivity index (χ3v) is 3.03. The largest absolute Gasteiger partial charge is 0.456 e. The van der Waals surface area contributed by atoms with Crippen LogP contribution in [0.15, 0.2) is 40.8 Å². The van der Waals surface area contributed by atoms with Crippen molar-refractivity contribution in [3.63, 3.8) is 0 Å². The predicted molar refractivity (Wildman–Crippen MR) is 81.7 cm³/mol. The average molecular weight is 282 g/mol. The van der Waals surface area contributed by atoms with E-state index >= 15 is 0 Å². The van der Waals surface area contributed by atoms with Crippen LogP contribution in [0.3, 0.4) is 0 Å². The Morgan fingerprint density at radius 1 is 1.38 bits per heavy atom. The van der Waals surface area contributed by atoms with Gasteiger partial charge in [-0.1, -0.05) is 24.0 Å². The molecule has 3 N–H and O–H groups in total. The molecule has 4 nitrogen and oxygen atoms in total. The van der Waals surface area contributed by atoms with E-state index in [1.165, 1.54) is 0 Å². The maximum atomic E-state index is 12.0. The predicted octanol–water partition coefficient (Wildman–Crippen LogP) is 2.39. The van der Waals surface area contributed by atoms with Crippen LogP contribution in [0.1, 0.15) is 40.4 Å². The Balaban J connectivity index is 2.09. The van der Waals surface area contributed by atoms with Gasteiger partial charge in [0.1, 0.15) is 5.76 Å². The van der Waals surface area contributed by atoms with E-state index in [4.69, 9.17) is 10.2 Å². The van der Waals surface area contributed by atoms with Gasteiger partial charge in [-0.05, 0) is 43.7 Å². The summed E-state index contributed by atoms with van der Waals surface area (Å²) in [5, 5.41) is 2.90. The summed E-state index contributed by atoms with van der Waals surface area (Å²) >= 11 is 0. The summed E-state index contributed by atoms with van der Waals surface area (Å²) in [7, 11) is 0. The molecular weight excluding hydrogens is 264 g/mol. The second kappa shape index (κ2) is 6.78. The molecule has 0 bridgehead atoms. The number of rotatable bonds is 3. The quantitative estimate of drug-likeness (QED) is 0.849. The van der Waals surface area contributed by atoms with E-state index in [9.17, 15) is 4.79 Å². The zero-order valence-corrected chi connectivity index (χ0v) is 12.1. The Kier molecular flexibility index (Phi) is 4.81. The number of aryl methyl sites for hydroxylation is 1. The first-order valence-corrected chi connectivity index (χ1v) is 6.76. The van der Waals surface area contributed by atoms with Gasteiger partial charge in [-0.2, -0.15) is 0 Å². The number of hydrogen-bond acceptors (Lipinski definition) is 3. The summed E-state index contributed by atoms with van der Waals surface area (Å²) in [5.41, 5.74) is 7.23. The molecule has 2 rings (SSSR count). The molecule has 1 amide bonds. The maximum absolute atomic E-state index is 12.0. The SMILES string of the molecule is Cc1ccc(C(=O)NC(C)c2cccc(C#CCN)c2)o1. The normalized spacial score (nSPS) is 11.4. The Hall–Kier alpha value is -2.51. The number of furan rings is 1. The fraction of sp³-hybridized carbons (Fsp3) is 0.235. The van der Waals surface area contributed by atoms with Crippen molar-refractivity contribution < 1.29 is 9.21 Å². The highest BCUT2D eigenvalue weighted by molar-refractivity contribution is 5.91. The number of hydrogen-bond donors (Lipinski definition) is 2. The van der Waals surface area contributed by atoms with Gasteiger partial charge in [0.05, 0.1) is 12.6 Å². The standard InChI is InChI=1S/C17H18N2O2/c1-12-8-9-16(21-12)17(20)19-13(2)15-7-3-5-14(11-15)6-4-10-18/h3,5,7-9,11,13H,10,18H2,1-2H3,(H,19,20). The molecule has 0 saturated heterocycles. The maximum Gasteiger partial charge on any atom is 0.287 e. The topological polar surface area (TPSA) is 68.3 Å². The van der Waals surface area contributed by atoms with Gasteiger partial charge in [0, 0.05) is 5.56 Å². The van der Waals surface area contributed by atoms with Crippen LogP contribution < -0.4 is 11.1 Å². The van der Waals surface area contributed by atoms with E-state index in [0.29, 0.717) is 18.1 Å². The minimum atomic E-state index is -0.228. The van der Waals surface area contributed by atoms with Crippen LogP contribution in [0.5, 0.6) is 0 Å². The molecule has 21 heavy (non-hydrogen) atoms. The molecule has 0 radical (unpaired) electrons. The highest BCUT2D eigenvalue weighted by atomic mass is 16.3. The van der Waals surface area contributed by atoms with Crippen LogP contribution >= 0.6 is 0 Å². The lowest BCUT2D eigenvalue weighted by Crippen LogP contribution is -2.26. The monoisotopic (exact) mass is 282 g/mol. The zero-order chi connectivity index (χ0) is 15.2. The minimum absolute atomic E-state index is 0.137. The fourth-order valence-electron chi connectivity index (χ4n) is 1.95. The van der Waals surface area contributed by atoms with Crippen molar-refractivity contribution in [3.8, 4) is 11.8 Å². The number of carbonyl (C=O) groups excluding carboxylic acids is 1. The van der Waals surface area contributed by atoms with E-state index in [0.717, 1.165) is 11.1 Å². The van der Waals surface area contributed by atoms with Gasteiger partial charge in [-0.25, -0.2) is 0 Å². The van der Waals surface area contributed by atoms with Gasteiger partial charge in [0.15, 0.2) is 5.76 Å². The Bertz CT molecular complexity index is 692. The molecule has 1 atom stereocenters. The van der Waals surface area contributed by atoms with Crippen molar-refractivity contribution in [3.05, 3.63) is 59.0 Å². The van der Waals surface area contributed by atoms with Gasteiger partial charge in [-0.15, -0.1) is 0 Å². The fourth-order valence-corrected chi connectivity index (χ4v) is 1.95. The second-order valence-electron chi connectivity index (χ2n) is 4.74. The van der Waals surface area contributed by atoms with Crippen LogP contribution in [0.2, 0.25) is 0 Å². The molecule has 0 fully saturated rings. The molecule has 0 saturated carbocycles. The Morgan fingerprint density at radius 3 is 2.86 bits per heavy atom. The van der Waals surface area contributed by atoms with Crippen LogP contribution in [-0.2, 0) is 0 Å². The first kappa shape index (κ1) is 14.9. The molecule has 0 aliphatic heterocycles. The van der Waals surface area contributed by atoms with E-state index in [1.807, 2.05) is 31.2 Å². The van der Waals surface area contributed by atoms with Gasteiger partial charge in [0.2, 0.25) is 0 Å². The lowest BCUT2D eigenvalue weighted by molar-refractivity contribution is 0.0910. The summed E-state index contributed by atoms with van der Waals surface area (Å²) in [5.74, 6) is 6.60. The minimum Gasteiger partial charge on any atom is -0.456 e. The van der Waals surface area contributed by atoms with Crippen molar-refractivity contribution in [1.29, 1.82) is 0 Å². The summed E-state index contributed by atoms with van der Waals surface area (Å²) in [6, 6.07) is 11.0. The molecule has 4 heteroatoms. The summed E-state index contributed by atoms with van der Waals surface area (Å²) < 4.78 is 5.31. The molecule has 1 aromatic carbocycles. The molecule has 2 aromatic rings. The molecule has 1 heterocycles. The molecule has 0 aliphatic carbocycles. The zero-order valence-electron chi connectivity index (χ0n) is 12.1. The summed E-state index contributed by atoms with van der Waals surface area (Å²) in [4.78, 5) is 12.0. The Labute approximate surface area is 124 Å². The number of benzene rings is 1. The van der Waals surface area contributed by atoms with Crippen molar-refractivity contribution >= 4 is 5.91 Å². The van der Waals surface area contributed by atoms with Gasteiger partial charge in [0.25, 0.3) is 5.91 Å². The van der Waals surface area contributed by atoms with Crippen LogP contribution in [0.25, 0.3) is 0 Å². The molecule has 108 valence electrons. The van der Waals surface area contributed by atoms with E-state index in [-0.39, 0.29) is 11.9 Å². The lowest BCUT2D eigenvalue weighted by atomic mass is 10.1. The second-order valence-corrected chi connectivity index (χ2v) is 4.74. The first-order chi connectivity index (χ1) is 10.1. The van der Waals surface area contributed by atoms with Crippen LogP contribution in [0, 0.1) is 18.8 Å². The number of nitrogens with two attached hydrogens (primary N) is 1. The van der Waals surface area contributed by atoms with Gasteiger partial charge in [-0.3, -0.25) is 4.79 Å². The molecule has 1 unspecified atom stereocenters. The molecular formula is C17H18N2O2. The van der Waals surface area contributed by atoms with Crippen LogP contribution in [0.4, 0.5) is 0 Å². The van der Waals surface area contributed by atoms with Gasteiger partial charge >= 0.3 is 0 Å². The molecule has 0 spiro atoms. The van der Waals surface area contributed by atoms with Crippen molar-refractivity contribution in [2.24, 2.45) is 5.73 Å². The van der Waals surface area contributed by atoms with E-state index in [2.05, 4.69) is 17.2 Å². The summed E-state index contributed by atoms with van der Waals surface area (Å²) in [6.07, 6.45) is 0. The number of amides is 1. The van der Waals surface area contributed by atoms with Crippen LogP contribution in [-0.4, -0.2) is 12.5 Å². The highest BCUT2D eigenvalue weighted by Gasteiger charge is 2.14. The Morgan fingerprint density at radius 2 is 2.19 bits per heavy atom. The van der Waals surface area contributed by atoms with E-state index < -0.39 is 0 Å².